The largest absolute Gasteiger partial charge is 0.482 e. The van der Waals surface area contributed by atoms with Gasteiger partial charge in [-0.05, 0) is 24.0 Å². The van der Waals surface area contributed by atoms with Crippen LogP contribution in [0.4, 0.5) is 0 Å². The van der Waals surface area contributed by atoms with Crippen LogP contribution in [0.5, 0.6) is 5.75 Å². The average Bonchev–Trinajstić information content (AvgIpc) is 2.23. The summed E-state index contributed by atoms with van der Waals surface area (Å²) in [6.07, 6.45) is 1.42. The second kappa shape index (κ2) is 5.55. The fourth-order valence-electron chi connectivity index (χ4n) is 2.48. The summed E-state index contributed by atoms with van der Waals surface area (Å²) in [6.45, 7) is 10.7. The van der Waals surface area contributed by atoms with Gasteiger partial charge in [-0.1, -0.05) is 52.8 Å². The summed E-state index contributed by atoms with van der Waals surface area (Å²) in [5.41, 5.74) is -0.0132. The number of ether oxygens (including phenoxy) is 1. The van der Waals surface area contributed by atoms with Crippen LogP contribution in [0.2, 0.25) is 0 Å². The Balaban J connectivity index is 2.80. The molecule has 1 unspecified atom stereocenters. The molecule has 18 heavy (non-hydrogen) atoms. The van der Waals surface area contributed by atoms with Crippen molar-refractivity contribution in [3.8, 4) is 5.75 Å². The second-order valence-corrected chi connectivity index (χ2v) is 6.71. The van der Waals surface area contributed by atoms with Crippen LogP contribution in [-0.4, -0.2) is 12.4 Å². The maximum Gasteiger partial charge on any atom is 0.161 e. The van der Waals surface area contributed by atoms with Crippen molar-refractivity contribution in [3.63, 3.8) is 0 Å². The van der Waals surface area contributed by atoms with Crippen LogP contribution in [0.1, 0.15) is 41.0 Å². The first-order valence-electron chi connectivity index (χ1n) is 6.42. The zero-order valence-electron chi connectivity index (χ0n) is 12.1. The lowest BCUT2D eigenvalue weighted by Crippen LogP contribution is -2.38. The molecule has 1 atom stereocenters. The predicted molar refractivity (Wildman–Crippen MR) is 74.8 cm³/mol. The normalized spacial score (nSPS) is 14.1. The van der Waals surface area contributed by atoms with Crippen molar-refractivity contribution in [1.82, 2.24) is 0 Å². The Kier molecular flexibility index (Phi) is 4.55. The van der Waals surface area contributed by atoms with Crippen molar-refractivity contribution in [3.05, 3.63) is 30.3 Å². The minimum Gasteiger partial charge on any atom is -0.482 e. The molecular formula is C16H24O2. The van der Waals surface area contributed by atoms with Crippen LogP contribution in [0, 0.1) is 10.8 Å². The van der Waals surface area contributed by atoms with Crippen LogP contribution < -0.4 is 4.74 Å². The number of aldehydes is 1. The number of para-hydroxylation sites is 1. The summed E-state index contributed by atoms with van der Waals surface area (Å²) in [6, 6.07) is 9.51. The number of hydrogen-bond donors (Lipinski definition) is 0. The first kappa shape index (κ1) is 14.7. The maximum absolute atomic E-state index is 11.3. The maximum atomic E-state index is 11.3. The Morgan fingerprint density at radius 3 is 2.11 bits per heavy atom. The van der Waals surface area contributed by atoms with Gasteiger partial charge in [0.15, 0.2) is 12.4 Å². The minimum absolute atomic E-state index is 0.171. The summed E-state index contributed by atoms with van der Waals surface area (Å²) in [5, 5.41) is 0. The average molecular weight is 248 g/mol. The highest BCUT2D eigenvalue weighted by atomic mass is 16.5. The molecule has 0 radical (unpaired) electrons. The van der Waals surface area contributed by atoms with E-state index in [-0.39, 0.29) is 10.8 Å². The molecular weight excluding hydrogens is 224 g/mol. The van der Waals surface area contributed by atoms with Crippen LogP contribution in [0.25, 0.3) is 0 Å². The molecule has 0 fully saturated rings. The summed E-state index contributed by atoms with van der Waals surface area (Å²) >= 11 is 0. The fraction of sp³-hybridized carbons (Fsp3) is 0.562. The van der Waals surface area contributed by atoms with Gasteiger partial charge in [0.05, 0.1) is 0 Å². The van der Waals surface area contributed by atoms with Crippen molar-refractivity contribution in [2.75, 3.05) is 0 Å². The first-order valence-corrected chi connectivity index (χ1v) is 6.42. The van der Waals surface area contributed by atoms with Gasteiger partial charge in [0.1, 0.15) is 5.75 Å². The van der Waals surface area contributed by atoms with E-state index in [1.165, 1.54) is 0 Å². The third-order valence-electron chi connectivity index (χ3n) is 2.89. The molecule has 2 heteroatoms. The summed E-state index contributed by atoms with van der Waals surface area (Å²) in [4.78, 5) is 11.3. The molecule has 0 amide bonds. The van der Waals surface area contributed by atoms with E-state index >= 15 is 0 Å². The van der Waals surface area contributed by atoms with Crippen LogP contribution >= 0.6 is 0 Å². The van der Waals surface area contributed by atoms with E-state index < -0.39 is 6.10 Å². The molecule has 0 heterocycles. The van der Waals surface area contributed by atoms with E-state index in [1.54, 1.807) is 0 Å². The van der Waals surface area contributed by atoms with E-state index in [0.29, 0.717) is 0 Å². The van der Waals surface area contributed by atoms with E-state index in [9.17, 15) is 4.79 Å². The van der Waals surface area contributed by atoms with Gasteiger partial charge in [-0.15, -0.1) is 0 Å². The van der Waals surface area contributed by atoms with E-state index in [1.807, 2.05) is 30.3 Å². The topological polar surface area (TPSA) is 26.3 Å². The van der Waals surface area contributed by atoms with Gasteiger partial charge in [0, 0.05) is 5.41 Å². The second-order valence-electron chi connectivity index (χ2n) is 6.71. The molecule has 1 aromatic rings. The summed E-state index contributed by atoms with van der Waals surface area (Å²) < 4.78 is 5.81. The van der Waals surface area contributed by atoms with Crippen LogP contribution in [0.3, 0.4) is 0 Å². The van der Waals surface area contributed by atoms with Gasteiger partial charge < -0.3 is 4.74 Å². The third-order valence-corrected chi connectivity index (χ3v) is 2.89. The van der Waals surface area contributed by atoms with E-state index in [4.69, 9.17) is 4.74 Å². The molecule has 0 saturated heterocycles. The van der Waals surface area contributed by atoms with Crippen molar-refractivity contribution in [2.24, 2.45) is 10.8 Å². The highest BCUT2D eigenvalue weighted by molar-refractivity contribution is 5.58. The van der Waals surface area contributed by atoms with Gasteiger partial charge in [0.25, 0.3) is 0 Å². The lowest BCUT2D eigenvalue weighted by molar-refractivity contribution is -0.119. The number of carbonyl (C=O) groups is 1. The van der Waals surface area contributed by atoms with E-state index in [2.05, 4.69) is 34.6 Å². The SMILES string of the molecule is CC(C)(C)CC(C)(C)C(C=O)Oc1ccccc1. The smallest absolute Gasteiger partial charge is 0.161 e. The molecule has 0 spiro atoms. The van der Waals surface area contributed by atoms with Gasteiger partial charge in [-0.3, -0.25) is 4.79 Å². The van der Waals surface area contributed by atoms with Crippen molar-refractivity contribution in [2.45, 2.75) is 47.1 Å². The lowest BCUT2D eigenvalue weighted by atomic mass is 9.73. The number of hydrogen-bond acceptors (Lipinski definition) is 2. The number of rotatable bonds is 5. The van der Waals surface area contributed by atoms with Gasteiger partial charge in [0.2, 0.25) is 0 Å². The molecule has 0 aliphatic rings. The number of carbonyl (C=O) groups excluding carboxylic acids is 1. The monoisotopic (exact) mass is 248 g/mol. The zero-order chi connectivity index (χ0) is 13.8. The molecule has 0 bridgehead atoms. The van der Waals surface area contributed by atoms with Gasteiger partial charge in [-0.25, -0.2) is 0 Å². The molecule has 2 nitrogen and oxygen atoms in total. The standard InChI is InChI=1S/C16H24O2/c1-15(2,3)12-16(4,5)14(11-17)18-13-9-7-6-8-10-13/h6-11,14H,12H2,1-5H3. The van der Waals surface area contributed by atoms with Gasteiger partial charge >= 0.3 is 0 Å². The molecule has 1 rings (SSSR count). The molecule has 0 aliphatic heterocycles. The summed E-state index contributed by atoms with van der Waals surface area (Å²) in [7, 11) is 0. The van der Waals surface area contributed by atoms with Crippen molar-refractivity contribution in [1.29, 1.82) is 0 Å². The Bertz CT molecular complexity index is 374. The Morgan fingerprint density at radius 1 is 1.11 bits per heavy atom. The zero-order valence-corrected chi connectivity index (χ0v) is 12.1. The Hall–Kier alpha value is -1.31. The Labute approximate surface area is 110 Å². The quantitative estimate of drug-likeness (QED) is 0.733. The molecule has 1 aromatic carbocycles. The van der Waals surface area contributed by atoms with Crippen molar-refractivity contribution < 1.29 is 9.53 Å². The number of benzene rings is 1. The van der Waals surface area contributed by atoms with Crippen LogP contribution in [-0.2, 0) is 4.79 Å². The predicted octanol–water partition coefficient (Wildman–Crippen LogP) is 4.10. The molecule has 0 saturated carbocycles. The Morgan fingerprint density at radius 2 is 1.67 bits per heavy atom. The van der Waals surface area contributed by atoms with Crippen molar-refractivity contribution >= 4 is 6.29 Å². The molecule has 0 N–H and O–H groups in total. The lowest BCUT2D eigenvalue weighted by Gasteiger charge is -2.36. The van der Waals surface area contributed by atoms with Gasteiger partial charge in [-0.2, -0.15) is 0 Å². The molecule has 0 aliphatic carbocycles. The third kappa shape index (κ3) is 4.52. The minimum atomic E-state index is -0.417. The highest BCUT2D eigenvalue weighted by Crippen LogP contribution is 2.36. The highest BCUT2D eigenvalue weighted by Gasteiger charge is 2.35. The van der Waals surface area contributed by atoms with Crippen LogP contribution in [0.15, 0.2) is 30.3 Å². The molecule has 100 valence electrons. The van der Waals surface area contributed by atoms with E-state index in [0.717, 1.165) is 18.5 Å². The fourth-order valence-corrected chi connectivity index (χ4v) is 2.48. The first-order chi connectivity index (χ1) is 8.24. The molecule has 0 aromatic heterocycles. The summed E-state index contributed by atoms with van der Waals surface area (Å²) in [5.74, 6) is 0.747.